The van der Waals surface area contributed by atoms with Gasteiger partial charge in [-0.15, -0.1) is 11.8 Å². The van der Waals surface area contributed by atoms with E-state index in [1.807, 2.05) is 54.8 Å². The molecule has 1 fully saturated rings. The fraction of sp³-hybridized carbons (Fsp3) is 0.333. The highest BCUT2D eigenvalue weighted by molar-refractivity contribution is 7.98. The molecule has 5 nitrogen and oxygen atoms in total. The molecule has 0 radical (unpaired) electrons. The number of hydrogen-bond acceptors (Lipinski definition) is 5. The minimum absolute atomic E-state index is 0.0229. The number of nitrogens with zero attached hydrogens (tertiary/aromatic N) is 2. The molecule has 1 saturated heterocycles. The highest BCUT2D eigenvalue weighted by Crippen LogP contribution is 2.29. The van der Waals surface area contributed by atoms with E-state index in [9.17, 15) is 4.79 Å². The minimum atomic E-state index is 0.0229. The molecule has 27 heavy (non-hydrogen) atoms. The number of rotatable bonds is 5. The van der Waals surface area contributed by atoms with Crippen LogP contribution in [-0.4, -0.2) is 41.7 Å². The van der Waals surface area contributed by atoms with Crippen LogP contribution in [0, 0.1) is 0 Å². The SMILES string of the molecule is CSc1ccccc1NC(=O)CN1CCC[C@H](c2nc3ccccc3o2)C1. The molecule has 2 aromatic carbocycles. The van der Waals surface area contributed by atoms with E-state index in [1.54, 1.807) is 11.8 Å². The zero-order valence-corrected chi connectivity index (χ0v) is 16.2. The maximum absolute atomic E-state index is 12.5. The average Bonchev–Trinajstić information content (AvgIpc) is 3.13. The van der Waals surface area contributed by atoms with Gasteiger partial charge in [-0.3, -0.25) is 9.69 Å². The van der Waals surface area contributed by atoms with Gasteiger partial charge in [0.1, 0.15) is 5.52 Å². The lowest BCUT2D eigenvalue weighted by atomic mass is 9.98. The first-order valence-electron chi connectivity index (χ1n) is 9.23. The van der Waals surface area contributed by atoms with Crippen LogP contribution in [0.3, 0.4) is 0 Å². The van der Waals surface area contributed by atoms with Gasteiger partial charge >= 0.3 is 0 Å². The molecule has 1 atom stereocenters. The third kappa shape index (κ3) is 4.17. The average molecular weight is 382 g/mol. The normalized spacial score (nSPS) is 17.9. The van der Waals surface area contributed by atoms with Gasteiger partial charge in [-0.25, -0.2) is 4.98 Å². The van der Waals surface area contributed by atoms with Crippen LogP contribution in [0.15, 0.2) is 57.8 Å². The van der Waals surface area contributed by atoms with Crippen LogP contribution in [-0.2, 0) is 4.79 Å². The fourth-order valence-corrected chi connectivity index (χ4v) is 4.16. The molecule has 4 rings (SSSR count). The molecule has 0 aliphatic carbocycles. The van der Waals surface area contributed by atoms with Crippen molar-refractivity contribution < 1.29 is 9.21 Å². The van der Waals surface area contributed by atoms with E-state index < -0.39 is 0 Å². The van der Waals surface area contributed by atoms with Crippen molar-refractivity contribution in [1.29, 1.82) is 0 Å². The maximum Gasteiger partial charge on any atom is 0.238 e. The van der Waals surface area contributed by atoms with Crippen LogP contribution in [0.2, 0.25) is 0 Å². The number of oxazole rings is 1. The van der Waals surface area contributed by atoms with Crippen LogP contribution in [0.4, 0.5) is 5.69 Å². The van der Waals surface area contributed by atoms with E-state index in [4.69, 9.17) is 4.42 Å². The van der Waals surface area contributed by atoms with Gasteiger partial charge in [-0.1, -0.05) is 24.3 Å². The lowest BCUT2D eigenvalue weighted by Gasteiger charge is -2.30. The van der Waals surface area contributed by atoms with E-state index in [-0.39, 0.29) is 11.8 Å². The molecule has 0 unspecified atom stereocenters. The van der Waals surface area contributed by atoms with Crippen LogP contribution < -0.4 is 5.32 Å². The Labute approximate surface area is 163 Å². The molecule has 0 spiro atoms. The number of hydrogen-bond donors (Lipinski definition) is 1. The smallest absolute Gasteiger partial charge is 0.238 e. The second-order valence-corrected chi connectivity index (χ2v) is 7.69. The van der Waals surface area contributed by atoms with Crippen molar-refractivity contribution in [1.82, 2.24) is 9.88 Å². The van der Waals surface area contributed by atoms with Crippen molar-refractivity contribution >= 4 is 34.5 Å². The second-order valence-electron chi connectivity index (χ2n) is 6.84. The van der Waals surface area contributed by atoms with Crippen LogP contribution in [0.5, 0.6) is 0 Å². The Morgan fingerprint density at radius 3 is 2.93 bits per heavy atom. The Kier molecular flexibility index (Phi) is 5.45. The molecule has 6 heteroatoms. The summed E-state index contributed by atoms with van der Waals surface area (Å²) in [5.74, 6) is 1.04. The number of piperidine rings is 1. The molecule has 1 aliphatic heterocycles. The number of aromatic nitrogens is 1. The van der Waals surface area contributed by atoms with Crippen LogP contribution in [0.1, 0.15) is 24.7 Å². The summed E-state index contributed by atoms with van der Waals surface area (Å²) in [5, 5.41) is 3.04. The van der Waals surface area contributed by atoms with Gasteiger partial charge in [-0.2, -0.15) is 0 Å². The largest absolute Gasteiger partial charge is 0.440 e. The van der Waals surface area contributed by atoms with Gasteiger partial charge in [0.05, 0.1) is 12.2 Å². The molecule has 140 valence electrons. The summed E-state index contributed by atoms with van der Waals surface area (Å²) < 4.78 is 5.95. The number of fused-ring (bicyclic) bond motifs is 1. The van der Waals surface area contributed by atoms with E-state index in [1.165, 1.54) is 0 Å². The van der Waals surface area contributed by atoms with Gasteiger partial charge < -0.3 is 9.73 Å². The van der Waals surface area contributed by atoms with Crippen LogP contribution in [0.25, 0.3) is 11.1 Å². The predicted octanol–water partition coefficient (Wildman–Crippen LogP) is 4.37. The van der Waals surface area contributed by atoms with E-state index in [2.05, 4.69) is 15.2 Å². The van der Waals surface area contributed by atoms with Crippen molar-refractivity contribution in [2.45, 2.75) is 23.7 Å². The number of likely N-dealkylation sites (tertiary alicyclic amines) is 1. The zero-order valence-electron chi connectivity index (χ0n) is 15.4. The molecule has 1 amide bonds. The highest BCUT2D eigenvalue weighted by Gasteiger charge is 2.26. The summed E-state index contributed by atoms with van der Waals surface area (Å²) in [7, 11) is 0. The van der Waals surface area contributed by atoms with Gasteiger partial charge in [0.15, 0.2) is 11.5 Å². The summed E-state index contributed by atoms with van der Waals surface area (Å²) in [6.45, 7) is 2.11. The molecule has 3 aromatic rings. The Hall–Kier alpha value is -2.31. The van der Waals surface area contributed by atoms with Crippen LogP contribution >= 0.6 is 11.8 Å². The van der Waals surface area contributed by atoms with Gasteiger partial charge in [0.25, 0.3) is 0 Å². The molecule has 1 N–H and O–H groups in total. The molecule has 2 heterocycles. The monoisotopic (exact) mass is 381 g/mol. The van der Waals surface area contributed by atoms with Crippen molar-refractivity contribution in [3.63, 3.8) is 0 Å². The first-order valence-corrected chi connectivity index (χ1v) is 10.5. The molecule has 0 bridgehead atoms. The Balaban J connectivity index is 1.40. The van der Waals surface area contributed by atoms with E-state index >= 15 is 0 Å². The van der Waals surface area contributed by atoms with Crippen molar-refractivity contribution in [2.75, 3.05) is 31.2 Å². The molecule has 1 aliphatic rings. The maximum atomic E-state index is 12.5. The quantitative estimate of drug-likeness (QED) is 0.665. The predicted molar refractivity (Wildman–Crippen MR) is 109 cm³/mol. The zero-order chi connectivity index (χ0) is 18.6. The molecular weight excluding hydrogens is 358 g/mol. The number of nitrogens with one attached hydrogen (secondary N) is 1. The molecule has 0 saturated carbocycles. The fourth-order valence-electron chi connectivity index (χ4n) is 3.61. The lowest BCUT2D eigenvalue weighted by Crippen LogP contribution is -2.39. The Bertz CT molecular complexity index is 907. The number of carbonyl (C=O) groups is 1. The van der Waals surface area contributed by atoms with E-state index in [0.29, 0.717) is 6.54 Å². The number of benzene rings is 2. The lowest BCUT2D eigenvalue weighted by molar-refractivity contribution is -0.117. The standard InChI is InChI=1S/C21H23N3O2S/c1-27-19-11-5-3-9-17(19)22-20(25)14-24-12-6-7-15(13-24)21-23-16-8-2-4-10-18(16)26-21/h2-5,8-11,15H,6-7,12-14H2,1H3,(H,22,25)/t15-/m0/s1. The van der Waals surface area contributed by atoms with Crippen molar-refractivity contribution in [3.8, 4) is 0 Å². The minimum Gasteiger partial charge on any atom is -0.440 e. The van der Waals surface area contributed by atoms with Crippen molar-refractivity contribution in [3.05, 3.63) is 54.4 Å². The van der Waals surface area contributed by atoms with Gasteiger partial charge in [-0.05, 0) is 49.9 Å². The summed E-state index contributed by atoms with van der Waals surface area (Å²) in [6.07, 6.45) is 4.10. The number of para-hydroxylation sites is 3. The molecular formula is C21H23N3O2S. The number of carbonyl (C=O) groups excluding carboxylic acids is 1. The summed E-state index contributed by atoms with van der Waals surface area (Å²) in [6, 6.07) is 15.7. The number of thioether (sulfide) groups is 1. The van der Waals surface area contributed by atoms with Crippen molar-refractivity contribution in [2.24, 2.45) is 0 Å². The number of anilines is 1. The third-order valence-corrected chi connectivity index (χ3v) is 5.71. The third-order valence-electron chi connectivity index (χ3n) is 4.91. The van der Waals surface area contributed by atoms with Gasteiger partial charge in [0.2, 0.25) is 5.91 Å². The first-order chi connectivity index (χ1) is 13.2. The Morgan fingerprint density at radius 1 is 1.26 bits per heavy atom. The Morgan fingerprint density at radius 2 is 2.07 bits per heavy atom. The molecule has 1 aromatic heterocycles. The first kappa shape index (κ1) is 18.1. The summed E-state index contributed by atoms with van der Waals surface area (Å²) >= 11 is 1.63. The second kappa shape index (κ2) is 8.15. The summed E-state index contributed by atoms with van der Waals surface area (Å²) in [4.78, 5) is 20.4. The topological polar surface area (TPSA) is 58.4 Å². The highest BCUT2D eigenvalue weighted by atomic mass is 32.2. The summed E-state index contributed by atoms with van der Waals surface area (Å²) in [5.41, 5.74) is 2.61. The van der Waals surface area contributed by atoms with Gasteiger partial charge in [0, 0.05) is 17.4 Å². The van der Waals surface area contributed by atoms with E-state index in [0.717, 1.165) is 53.5 Å². The number of amides is 1.